The minimum absolute atomic E-state index is 0.00389. The van der Waals surface area contributed by atoms with E-state index in [9.17, 15) is 4.79 Å². The Bertz CT molecular complexity index is 463. The number of nitrogens with one attached hydrogen (secondary N) is 1. The fraction of sp³-hybridized carbons (Fsp3) is 0.571. The van der Waals surface area contributed by atoms with Crippen LogP contribution in [0.4, 0.5) is 0 Å². The van der Waals surface area contributed by atoms with Crippen LogP contribution in [-0.4, -0.2) is 29.1 Å². The van der Waals surface area contributed by atoms with E-state index in [-0.39, 0.29) is 17.6 Å². The van der Waals surface area contributed by atoms with Crippen LogP contribution in [0.2, 0.25) is 5.02 Å². The largest absolute Gasteiger partial charge is 0.375 e. The average Bonchev–Trinajstić information content (AvgIpc) is 2.30. The molecule has 0 bridgehead atoms. The molecule has 1 aromatic rings. The van der Waals surface area contributed by atoms with E-state index in [0.29, 0.717) is 18.1 Å². The highest BCUT2D eigenvalue weighted by molar-refractivity contribution is 6.31. The summed E-state index contributed by atoms with van der Waals surface area (Å²) in [5, 5.41) is 3.58. The number of carbonyl (C=O) groups is 1. The third-order valence-electron chi connectivity index (χ3n) is 3.27. The van der Waals surface area contributed by atoms with Gasteiger partial charge in [0.2, 0.25) is 5.91 Å². The molecular formula is C14H19ClN2O2. The van der Waals surface area contributed by atoms with Gasteiger partial charge in [-0.15, -0.1) is 0 Å². The SMILES string of the molecule is CC1(C)CC(NC(=O)Cc2ccncc2Cl)CCO1. The first kappa shape index (κ1) is 14.3. The zero-order valence-electron chi connectivity index (χ0n) is 11.3. The van der Waals surface area contributed by atoms with Crippen LogP contribution in [0.3, 0.4) is 0 Å². The molecule has 1 N–H and O–H groups in total. The molecule has 1 aliphatic rings. The van der Waals surface area contributed by atoms with Gasteiger partial charge < -0.3 is 10.1 Å². The third-order valence-corrected chi connectivity index (χ3v) is 3.61. The Balaban J connectivity index is 1.90. The molecule has 1 saturated heterocycles. The summed E-state index contributed by atoms with van der Waals surface area (Å²) in [5.41, 5.74) is 0.644. The van der Waals surface area contributed by atoms with Crippen molar-refractivity contribution in [2.45, 2.75) is 44.8 Å². The van der Waals surface area contributed by atoms with Crippen LogP contribution in [0.5, 0.6) is 0 Å². The summed E-state index contributed by atoms with van der Waals surface area (Å²) in [6, 6.07) is 1.95. The van der Waals surface area contributed by atoms with Crippen molar-refractivity contribution in [3.63, 3.8) is 0 Å². The van der Waals surface area contributed by atoms with Gasteiger partial charge in [-0.3, -0.25) is 9.78 Å². The lowest BCUT2D eigenvalue weighted by Gasteiger charge is -2.35. The highest BCUT2D eigenvalue weighted by atomic mass is 35.5. The Morgan fingerprint density at radius 2 is 2.42 bits per heavy atom. The fourth-order valence-electron chi connectivity index (χ4n) is 2.35. The lowest BCUT2D eigenvalue weighted by Crippen LogP contribution is -2.46. The second kappa shape index (κ2) is 5.88. The van der Waals surface area contributed by atoms with Gasteiger partial charge >= 0.3 is 0 Å². The van der Waals surface area contributed by atoms with Crippen molar-refractivity contribution >= 4 is 17.5 Å². The molecule has 5 heteroatoms. The lowest BCUT2D eigenvalue weighted by atomic mass is 9.94. The van der Waals surface area contributed by atoms with Crippen molar-refractivity contribution in [2.75, 3.05) is 6.61 Å². The summed E-state index contributed by atoms with van der Waals surface area (Å²) in [6.07, 6.45) is 5.19. The van der Waals surface area contributed by atoms with E-state index >= 15 is 0 Å². The number of halogens is 1. The maximum Gasteiger partial charge on any atom is 0.224 e. The molecule has 2 heterocycles. The summed E-state index contributed by atoms with van der Waals surface area (Å²) in [5.74, 6) is -0.00389. The van der Waals surface area contributed by atoms with Crippen LogP contribution in [0, 0.1) is 0 Å². The maximum absolute atomic E-state index is 12.0. The quantitative estimate of drug-likeness (QED) is 0.926. The van der Waals surface area contributed by atoms with E-state index in [0.717, 1.165) is 18.4 Å². The number of pyridine rings is 1. The predicted molar refractivity (Wildman–Crippen MR) is 74.1 cm³/mol. The Hall–Kier alpha value is -1.13. The van der Waals surface area contributed by atoms with Gasteiger partial charge in [-0.25, -0.2) is 0 Å². The molecule has 1 amide bonds. The fourth-order valence-corrected chi connectivity index (χ4v) is 2.54. The molecule has 1 atom stereocenters. The van der Waals surface area contributed by atoms with Crippen molar-refractivity contribution in [1.29, 1.82) is 0 Å². The van der Waals surface area contributed by atoms with Crippen molar-refractivity contribution in [1.82, 2.24) is 10.3 Å². The van der Waals surface area contributed by atoms with E-state index in [1.165, 1.54) is 0 Å². The second-order valence-corrected chi connectivity index (χ2v) is 5.92. The number of hydrogen-bond donors (Lipinski definition) is 1. The molecule has 4 nitrogen and oxygen atoms in total. The zero-order chi connectivity index (χ0) is 13.9. The first-order chi connectivity index (χ1) is 8.96. The highest BCUT2D eigenvalue weighted by Gasteiger charge is 2.29. The average molecular weight is 283 g/mol. The maximum atomic E-state index is 12.0. The molecule has 0 saturated carbocycles. The van der Waals surface area contributed by atoms with Gasteiger partial charge in [-0.1, -0.05) is 11.6 Å². The molecular weight excluding hydrogens is 264 g/mol. The van der Waals surface area contributed by atoms with Crippen molar-refractivity contribution in [3.8, 4) is 0 Å². The topological polar surface area (TPSA) is 51.2 Å². The highest BCUT2D eigenvalue weighted by Crippen LogP contribution is 2.24. The van der Waals surface area contributed by atoms with Crippen LogP contribution in [0.1, 0.15) is 32.3 Å². The van der Waals surface area contributed by atoms with Crippen LogP contribution in [0.25, 0.3) is 0 Å². The first-order valence-corrected chi connectivity index (χ1v) is 6.86. The normalized spacial score (nSPS) is 21.9. The summed E-state index contributed by atoms with van der Waals surface area (Å²) < 4.78 is 5.63. The molecule has 1 unspecified atom stereocenters. The monoisotopic (exact) mass is 282 g/mol. The predicted octanol–water partition coefficient (Wildman–Crippen LogP) is 2.35. The summed E-state index contributed by atoms with van der Waals surface area (Å²) >= 11 is 5.99. The van der Waals surface area contributed by atoms with Gasteiger partial charge in [0.25, 0.3) is 0 Å². The Labute approximate surface area is 118 Å². The number of hydrogen-bond acceptors (Lipinski definition) is 3. The van der Waals surface area contributed by atoms with Crippen molar-refractivity contribution in [2.24, 2.45) is 0 Å². The molecule has 1 fully saturated rings. The standard InChI is InChI=1S/C14H19ClN2O2/c1-14(2)8-11(4-6-19-14)17-13(18)7-10-3-5-16-9-12(10)15/h3,5,9,11H,4,6-8H2,1-2H3,(H,17,18). The number of ether oxygens (including phenoxy) is 1. The second-order valence-electron chi connectivity index (χ2n) is 5.51. The molecule has 0 aromatic carbocycles. The van der Waals surface area contributed by atoms with E-state index in [2.05, 4.69) is 10.3 Å². The minimum atomic E-state index is -0.162. The van der Waals surface area contributed by atoms with Crippen LogP contribution in [0.15, 0.2) is 18.5 Å². The number of amides is 1. The van der Waals surface area contributed by atoms with Crippen LogP contribution in [-0.2, 0) is 16.0 Å². The smallest absolute Gasteiger partial charge is 0.224 e. The molecule has 19 heavy (non-hydrogen) atoms. The van der Waals surface area contributed by atoms with Crippen LogP contribution >= 0.6 is 11.6 Å². The third kappa shape index (κ3) is 4.18. The van der Waals surface area contributed by atoms with E-state index < -0.39 is 0 Å². The molecule has 0 radical (unpaired) electrons. The van der Waals surface area contributed by atoms with Gasteiger partial charge in [-0.2, -0.15) is 0 Å². The van der Waals surface area contributed by atoms with Crippen molar-refractivity contribution < 1.29 is 9.53 Å². The molecule has 0 spiro atoms. The number of carbonyl (C=O) groups excluding carboxylic acids is 1. The number of nitrogens with zero attached hydrogens (tertiary/aromatic N) is 1. The lowest BCUT2D eigenvalue weighted by molar-refractivity contribution is -0.123. The summed E-state index contributed by atoms with van der Waals surface area (Å²) in [7, 11) is 0. The molecule has 1 aliphatic heterocycles. The van der Waals surface area contributed by atoms with Gasteiger partial charge in [0, 0.05) is 25.0 Å². The Morgan fingerprint density at radius 3 is 3.11 bits per heavy atom. The molecule has 1 aromatic heterocycles. The number of aromatic nitrogens is 1. The minimum Gasteiger partial charge on any atom is -0.375 e. The molecule has 2 rings (SSSR count). The van der Waals surface area contributed by atoms with E-state index in [1.807, 2.05) is 13.8 Å². The van der Waals surface area contributed by atoms with Crippen LogP contribution < -0.4 is 5.32 Å². The Morgan fingerprint density at radius 1 is 1.63 bits per heavy atom. The number of rotatable bonds is 3. The van der Waals surface area contributed by atoms with E-state index in [1.54, 1.807) is 18.5 Å². The summed E-state index contributed by atoms with van der Waals surface area (Å²) in [6.45, 7) is 4.78. The van der Waals surface area contributed by atoms with Crippen molar-refractivity contribution in [3.05, 3.63) is 29.0 Å². The molecule has 0 aliphatic carbocycles. The van der Waals surface area contributed by atoms with Gasteiger partial charge in [-0.05, 0) is 38.3 Å². The van der Waals surface area contributed by atoms with Gasteiger partial charge in [0.15, 0.2) is 0 Å². The van der Waals surface area contributed by atoms with E-state index in [4.69, 9.17) is 16.3 Å². The van der Waals surface area contributed by atoms with Gasteiger partial charge in [0.1, 0.15) is 0 Å². The Kier molecular flexibility index (Phi) is 4.42. The summed E-state index contributed by atoms with van der Waals surface area (Å²) in [4.78, 5) is 15.9. The zero-order valence-corrected chi connectivity index (χ0v) is 12.0. The first-order valence-electron chi connectivity index (χ1n) is 6.48. The van der Waals surface area contributed by atoms with Gasteiger partial charge in [0.05, 0.1) is 17.0 Å². The molecule has 104 valence electrons.